The van der Waals surface area contributed by atoms with Gasteiger partial charge < -0.3 is 10.1 Å². The fourth-order valence-corrected chi connectivity index (χ4v) is 2.55. The van der Waals surface area contributed by atoms with Crippen molar-refractivity contribution < 1.29 is 4.74 Å². The van der Waals surface area contributed by atoms with Gasteiger partial charge in [-0.3, -0.25) is 0 Å². The Morgan fingerprint density at radius 2 is 1.83 bits per heavy atom. The van der Waals surface area contributed by atoms with E-state index in [-0.39, 0.29) is 11.4 Å². The van der Waals surface area contributed by atoms with Crippen LogP contribution >= 0.6 is 11.6 Å². The summed E-state index contributed by atoms with van der Waals surface area (Å²) in [6, 6.07) is 15.8. The molecule has 0 aliphatic carbocycles. The molecule has 23 heavy (non-hydrogen) atoms. The second-order valence-electron chi connectivity index (χ2n) is 5.43. The van der Waals surface area contributed by atoms with Crippen molar-refractivity contribution in [3.63, 3.8) is 0 Å². The van der Waals surface area contributed by atoms with Crippen LogP contribution in [0.2, 0.25) is 5.28 Å². The van der Waals surface area contributed by atoms with Crippen molar-refractivity contribution in [2.24, 2.45) is 0 Å². The predicted molar refractivity (Wildman–Crippen MR) is 94.3 cm³/mol. The number of halogens is 1. The Labute approximate surface area is 140 Å². The minimum absolute atomic E-state index is 0.0106. The van der Waals surface area contributed by atoms with E-state index in [1.807, 2.05) is 62.4 Å². The van der Waals surface area contributed by atoms with E-state index >= 15 is 0 Å². The van der Waals surface area contributed by atoms with Gasteiger partial charge in [-0.05, 0) is 49.2 Å². The summed E-state index contributed by atoms with van der Waals surface area (Å²) in [5, 5.41) is 4.49. The maximum Gasteiger partial charge on any atom is 0.224 e. The van der Waals surface area contributed by atoms with Gasteiger partial charge in [0, 0.05) is 5.39 Å². The lowest BCUT2D eigenvalue weighted by Gasteiger charge is -2.17. The summed E-state index contributed by atoms with van der Waals surface area (Å²) < 4.78 is 5.97. The average Bonchev–Trinajstić information content (AvgIpc) is 2.54. The number of fused-ring (bicyclic) bond motifs is 1. The molecular weight excluding hydrogens is 310 g/mol. The summed E-state index contributed by atoms with van der Waals surface area (Å²) in [7, 11) is 0. The molecule has 0 saturated heterocycles. The molecule has 0 amide bonds. The Morgan fingerprint density at radius 3 is 2.65 bits per heavy atom. The number of aromatic nitrogens is 2. The summed E-state index contributed by atoms with van der Waals surface area (Å²) in [4.78, 5) is 8.51. The summed E-state index contributed by atoms with van der Waals surface area (Å²) >= 11 is 6.00. The van der Waals surface area contributed by atoms with E-state index in [0.29, 0.717) is 6.54 Å². The predicted octanol–water partition coefficient (Wildman–Crippen LogP) is 4.47. The molecule has 2 aromatic carbocycles. The van der Waals surface area contributed by atoms with Crippen molar-refractivity contribution in [2.45, 2.75) is 20.0 Å². The molecule has 3 aromatic rings. The lowest BCUT2D eigenvalue weighted by Crippen LogP contribution is -2.23. The van der Waals surface area contributed by atoms with Crippen LogP contribution in [0.5, 0.6) is 5.75 Å². The van der Waals surface area contributed by atoms with Crippen molar-refractivity contribution >= 4 is 28.3 Å². The van der Waals surface area contributed by atoms with E-state index < -0.39 is 0 Å². The van der Waals surface area contributed by atoms with Crippen molar-refractivity contribution in [1.82, 2.24) is 9.97 Å². The molecule has 5 heteroatoms. The van der Waals surface area contributed by atoms with Gasteiger partial charge in [-0.25, -0.2) is 9.97 Å². The van der Waals surface area contributed by atoms with Crippen LogP contribution in [0.4, 0.5) is 5.82 Å². The van der Waals surface area contributed by atoms with Crippen molar-refractivity contribution in [3.8, 4) is 5.75 Å². The Hall–Kier alpha value is -2.33. The highest BCUT2D eigenvalue weighted by Gasteiger charge is 2.09. The number of hydrogen-bond acceptors (Lipinski definition) is 4. The molecule has 1 heterocycles. The Bertz CT molecular complexity index is 822. The van der Waals surface area contributed by atoms with Gasteiger partial charge in [0.1, 0.15) is 17.7 Å². The van der Waals surface area contributed by atoms with Crippen LogP contribution in [-0.4, -0.2) is 22.6 Å². The number of para-hydroxylation sites is 2. The first kappa shape index (κ1) is 15.6. The molecule has 1 aromatic heterocycles. The molecule has 1 unspecified atom stereocenters. The number of hydrogen-bond donors (Lipinski definition) is 1. The normalized spacial score (nSPS) is 12.1. The van der Waals surface area contributed by atoms with Gasteiger partial charge >= 0.3 is 0 Å². The van der Waals surface area contributed by atoms with Gasteiger partial charge in [-0.1, -0.05) is 30.3 Å². The van der Waals surface area contributed by atoms with E-state index in [1.54, 1.807) is 0 Å². The largest absolute Gasteiger partial charge is 0.489 e. The maximum absolute atomic E-state index is 6.00. The van der Waals surface area contributed by atoms with E-state index in [9.17, 15) is 0 Å². The average molecular weight is 328 g/mol. The van der Waals surface area contributed by atoms with Crippen molar-refractivity contribution in [2.75, 3.05) is 11.9 Å². The molecule has 0 spiro atoms. The topological polar surface area (TPSA) is 47.0 Å². The molecule has 118 valence electrons. The summed E-state index contributed by atoms with van der Waals surface area (Å²) in [5.74, 6) is 1.62. The molecule has 1 atom stereocenters. The van der Waals surface area contributed by atoms with Crippen LogP contribution < -0.4 is 10.1 Å². The zero-order valence-electron chi connectivity index (χ0n) is 13.1. The van der Waals surface area contributed by atoms with Crippen LogP contribution in [0.25, 0.3) is 10.9 Å². The Morgan fingerprint density at radius 1 is 1.09 bits per heavy atom. The van der Waals surface area contributed by atoms with E-state index in [2.05, 4.69) is 15.3 Å². The zero-order chi connectivity index (χ0) is 16.2. The van der Waals surface area contributed by atoms with E-state index in [4.69, 9.17) is 16.3 Å². The van der Waals surface area contributed by atoms with E-state index in [1.165, 1.54) is 0 Å². The zero-order valence-corrected chi connectivity index (χ0v) is 13.8. The first-order valence-electron chi connectivity index (χ1n) is 7.52. The minimum atomic E-state index is -0.0106. The lowest BCUT2D eigenvalue weighted by molar-refractivity contribution is 0.233. The maximum atomic E-state index is 6.00. The minimum Gasteiger partial charge on any atom is -0.489 e. The van der Waals surface area contributed by atoms with Crippen LogP contribution in [-0.2, 0) is 0 Å². The quantitative estimate of drug-likeness (QED) is 0.702. The highest BCUT2D eigenvalue weighted by Crippen LogP contribution is 2.22. The molecule has 3 rings (SSSR count). The Kier molecular flexibility index (Phi) is 4.63. The Balaban J connectivity index is 1.72. The monoisotopic (exact) mass is 327 g/mol. The lowest BCUT2D eigenvalue weighted by atomic mass is 10.2. The third kappa shape index (κ3) is 3.71. The first-order valence-corrected chi connectivity index (χ1v) is 7.90. The highest BCUT2D eigenvalue weighted by atomic mass is 35.5. The number of anilines is 1. The molecule has 4 nitrogen and oxygen atoms in total. The number of benzene rings is 2. The molecule has 1 N–H and O–H groups in total. The van der Waals surface area contributed by atoms with Gasteiger partial charge in [-0.2, -0.15) is 0 Å². The summed E-state index contributed by atoms with van der Waals surface area (Å²) in [6.45, 7) is 4.67. The molecular formula is C18H18ClN3O. The van der Waals surface area contributed by atoms with Gasteiger partial charge in [0.05, 0.1) is 12.1 Å². The molecule has 0 saturated carbocycles. The molecule has 0 aliphatic rings. The molecule has 0 bridgehead atoms. The molecule has 0 radical (unpaired) electrons. The van der Waals surface area contributed by atoms with Gasteiger partial charge in [0.25, 0.3) is 0 Å². The fourth-order valence-electron chi connectivity index (χ4n) is 2.37. The SMILES string of the molecule is Cc1ccccc1OC(C)CNc1nc(Cl)nc2ccccc12. The van der Waals surface area contributed by atoms with E-state index in [0.717, 1.165) is 28.0 Å². The van der Waals surface area contributed by atoms with Crippen molar-refractivity contribution in [1.29, 1.82) is 0 Å². The van der Waals surface area contributed by atoms with Crippen LogP contribution in [0.3, 0.4) is 0 Å². The number of rotatable bonds is 5. The van der Waals surface area contributed by atoms with Crippen LogP contribution in [0.15, 0.2) is 48.5 Å². The third-order valence-corrected chi connectivity index (χ3v) is 3.72. The summed E-state index contributed by atoms with van der Waals surface area (Å²) in [6.07, 6.45) is -0.0106. The van der Waals surface area contributed by atoms with Gasteiger partial charge in [0.15, 0.2) is 0 Å². The van der Waals surface area contributed by atoms with Crippen molar-refractivity contribution in [3.05, 3.63) is 59.4 Å². The number of nitrogens with one attached hydrogen (secondary N) is 1. The molecule has 0 fully saturated rings. The van der Waals surface area contributed by atoms with Gasteiger partial charge in [-0.15, -0.1) is 0 Å². The molecule has 0 aliphatic heterocycles. The van der Waals surface area contributed by atoms with Crippen LogP contribution in [0, 0.1) is 6.92 Å². The standard InChI is InChI=1S/C18H18ClN3O/c1-12-7-3-6-10-16(12)23-13(2)11-20-17-14-8-4-5-9-15(14)21-18(19)22-17/h3-10,13H,11H2,1-2H3,(H,20,21,22). The number of ether oxygens (including phenoxy) is 1. The third-order valence-electron chi connectivity index (χ3n) is 3.55. The first-order chi connectivity index (χ1) is 11.1. The number of nitrogens with zero attached hydrogens (tertiary/aromatic N) is 2. The summed E-state index contributed by atoms with van der Waals surface area (Å²) in [5.41, 5.74) is 1.94. The highest BCUT2D eigenvalue weighted by molar-refractivity contribution is 6.28. The number of aryl methyl sites for hydroxylation is 1. The van der Waals surface area contributed by atoms with Crippen LogP contribution in [0.1, 0.15) is 12.5 Å². The second kappa shape index (κ2) is 6.84. The fraction of sp³-hybridized carbons (Fsp3) is 0.222. The van der Waals surface area contributed by atoms with Gasteiger partial charge in [0.2, 0.25) is 5.28 Å². The smallest absolute Gasteiger partial charge is 0.224 e. The second-order valence-corrected chi connectivity index (χ2v) is 5.77.